The van der Waals surface area contributed by atoms with Crippen LogP contribution in [0.4, 0.5) is 0 Å². The van der Waals surface area contributed by atoms with Crippen molar-refractivity contribution >= 4 is 11.9 Å². The summed E-state index contributed by atoms with van der Waals surface area (Å²) in [6, 6.07) is 0. The molecule has 0 N–H and O–H groups in total. The molecule has 92 valence electrons. The zero-order valence-electron chi connectivity index (χ0n) is 9.60. The van der Waals surface area contributed by atoms with Gasteiger partial charge in [-0.05, 0) is 20.8 Å². The SMILES string of the molecule is CCOC(=O)C=CC(=O)OOC(C)OCC. The van der Waals surface area contributed by atoms with Gasteiger partial charge in [0.1, 0.15) is 0 Å². The average molecular weight is 232 g/mol. The molecule has 0 rings (SSSR count). The van der Waals surface area contributed by atoms with Crippen molar-refractivity contribution in [1.29, 1.82) is 0 Å². The molecule has 6 heteroatoms. The van der Waals surface area contributed by atoms with E-state index < -0.39 is 18.2 Å². The summed E-state index contributed by atoms with van der Waals surface area (Å²) in [7, 11) is 0. The molecule has 0 spiro atoms. The summed E-state index contributed by atoms with van der Waals surface area (Å²) >= 11 is 0. The van der Waals surface area contributed by atoms with Crippen LogP contribution in [0.3, 0.4) is 0 Å². The van der Waals surface area contributed by atoms with Crippen molar-refractivity contribution in [2.75, 3.05) is 13.2 Å². The summed E-state index contributed by atoms with van der Waals surface area (Å²) < 4.78 is 9.50. The summed E-state index contributed by atoms with van der Waals surface area (Å²) in [6.45, 7) is 5.71. The van der Waals surface area contributed by atoms with E-state index in [1.165, 1.54) is 0 Å². The first-order valence-electron chi connectivity index (χ1n) is 4.93. The third-order valence-corrected chi connectivity index (χ3v) is 1.31. The number of esters is 1. The number of hydrogen-bond donors (Lipinski definition) is 0. The highest BCUT2D eigenvalue weighted by atomic mass is 17.2. The van der Waals surface area contributed by atoms with E-state index in [4.69, 9.17) is 4.74 Å². The molecular formula is C10H16O6. The van der Waals surface area contributed by atoms with E-state index in [2.05, 4.69) is 14.5 Å². The first kappa shape index (κ1) is 14.6. The van der Waals surface area contributed by atoms with Crippen LogP contribution in [0.25, 0.3) is 0 Å². The standard InChI is InChI=1S/C10H16O6/c1-4-13-8(3)15-16-10(12)7-6-9(11)14-5-2/h6-8H,4-5H2,1-3H3. The second kappa shape index (κ2) is 8.87. The maximum Gasteiger partial charge on any atom is 0.366 e. The van der Waals surface area contributed by atoms with Gasteiger partial charge in [-0.3, -0.25) is 4.89 Å². The molecule has 0 aromatic carbocycles. The van der Waals surface area contributed by atoms with Crippen molar-refractivity contribution in [2.45, 2.75) is 27.1 Å². The lowest BCUT2D eigenvalue weighted by Crippen LogP contribution is -2.15. The normalized spacial score (nSPS) is 12.4. The van der Waals surface area contributed by atoms with Crippen molar-refractivity contribution in [3.05, 3.63) is 12.2 Å². The molecule has 0 aliphatic carbocycles. The molecule has 0 aromatic rings. The minimum atomic E-state index is -0.806. The fourth-order valence-corrected chi connectivity index (χ4v) is 0.732. The molecular weight excluding hydrogens is 216 g/mol. The monoisotopic (exact) mass is 232 g/mol. The number of carbonyl (C=O) groups is 2. The van der Waals surface area contributed by atoms with Crippen molar-refractivity contribution in [3.8, 4) is 0 Å². The molecule has 6 nitrogen and oxygen atoms in total. The Labute approximate surface area is 94.0 Å². The van der Waals surface area contributed by atoms with Gasteiger partial charge in [0.2, 0.25) is 0 Å². The van der Waals surface area contributed by atoms with E-state index in [0.717, 1.165) is 12.2 Å². The molecule has 0 aromatic heterocycles. The van der Waals surface area contributed by atoms with Gasteiger partial charge < -0.3 is 9.47 Å². The van der Waals surface area contributed by atoms with Gasteiger partial charge in [0.05, 0.1) is 6.61 Å². The average Bonchev–Trinajstić information content (AvgIpc) is 2.24. The second-order valence-corrected chi connectivity index (χ2v) is 2.61. The van der Waals surface area contributed by atoms with Gasteiger partial charge >= 0.3 is 11.9 Å². The van der Waals surface area contributed by atoms with Gasteiger partial charge in [0.15, 0.2) is 6.29 Å². The van der Waals surface area contributed by atoms with Gasteiger partial charge in [0, 0.05) is 18.8 Å². The van der Waals surface area contributed by atoms with E-state index in [-0.39, 0.29) is 6.61 Å². The minimum absolute atomic E-state index is 0.246. The summed E-state index contributed by atoms with van der Waals surface area (Å²) in [6.07, 6.45) is 1.22. The quantitative estimate of drug-likeness (QED) is 0.214. The number of hydrogen-bond acceptors (Lipinski definition) is 6. The van der Waals surface area contributed by atoms with Crippen LogP contribution in [0, 0.1) is 0 Å². The molecule has 0 radical (unpaired) electrons. The van der Waals surface area contributed by atoms with Gasteiger partial charge in [-0.25, -0.2) is 9.59 Å². The highest BCUT2D eigenvalue weighted by Gasteiger charge is 2.06. The fraction of sp³-hybridized carbons (Fsp3) is 0.600. The largest absolute Gasteiger partial charge is 0.463 e. The Morgan fingerprint density at radius 3 is 2.31 bits per heavy atom. The third kappa shape index (κ3) is 7.95. The zero-order chi connectivity index (χ0) is 12.4. The molecule has 1 atom stereocenters. The molecule has 0 amide bonds. The fourth-order valence-electron chi connectivity index (χ4n) is 0.732. The highest BCUT2D eigenvalue weighted by Crippen LogP contribution is 1.95. The predicted octanol–water partition coefficient (Wildman–Crippen LogP) is 0.963. The summed E-state index contributed by atoms with van der Waals surface area (Å²) in [4.78, 5) is 30.7. The lowest BCUT2D eigenvalue weighted by atomic mass is 10.5. The van der Waals surface area contributed by atoms with Crippen molar-refractivity contribution in [3.63, 3.8) is 0 Å². The Morgan fingerprint density at radius 2 is 1.75 bits per heavy atom. The Kier molecular flexibility index (Phi) is 8.10. The van der Waals surface area contributed by atoms with Crippen molar-refractivity contribution in [1.82, 2.24) is 0 Å². The third-order valence-electron chi connectivity index (χ3n) is 1.31. The lowest BCUT2D eigenvalue weighted by Gasteiger charge is -2.09. The Hall–Kier alpha value is -1.40. The Balaban J connectivity index is 3.77. The molecule has 0 saturated carbocycles. The smallest absolute Gasteiger partial charge is 0.366 e. The Morgan fingerprint density at radius 1 is 1.12 bits per heavy atom. The van der Waals surface area contributed by atoms with Gasteiger partial charge in [-0.2, -0.15) is 4.89 Å². The van der Waals surface area contributed by atoms with Crippen LogP contribution >= 0.6 is 0 Å². The first-order valence-corrected chi connectivity index (χ1v) is 4.93. The summed E-state index contributed by atoms with van der Waals surface area (Å²) in [5, 5.41) is 0. The van der Waals surface area contributed by atoms with Gasteiger partial charge in [-0.1, -0.05) is 0 Å². The summed E-state index contributed by atoms with van der Waals surface area (Å²) in [5.74, 6) is -1.42. The summed E-state index contributed by atoms with van der Waals surface area (Å²) in [5.41, 5.74) is 0. The van der Waals surface area contributed by atoms with E-state index in [9.17, 15) is 9.59 Å². The van der Waals surface area contributed by atoms with Crippen LogP contribution in [0.1, 0.15) is 20.8 Å². The number of carbonyl (C=O) groups excluding carboxylic acids is 2. The topological polar surface area (TPSA) is 71.1 Å². The van der Waals surface area contributed by atoms with Gasteiger partial charge in [-0.15, -0.1) is 0 Å². The molecule has 16 heavy (non-hydrogen) atoms. The minimum Gasteiger partial charge on any atom is -0.463 e. The van der Waals surface area contributed by atoms with Crippen LogP contribution in [-0.2, 0) is 28.8 Å². The van der Waals surface area contributed by atoms with E-state index in [1.54, 1.807) is 20.8 Å². The molecule has 0 aliphatic rings. The Bertz CT molecular complexity index is 248. The van der Waals surface area contributed by atoms with Crippen LogP contribution in [-0.4, -0.2) is 31.4 Å². The molecule has 0 fully saturated rings. The van der Waals surface area contributed by atoms with E-state index in [0.29, 0.717) is 6.61 Å². The number of ether oxygens (including phenoxy) is 2. The second-order valence-electron chi connectivity index (χ2n) is 2.61. The maximum absolute atomic E-state index is 11.0. The predicted molar refractivity (Wildman–Crippen MR) is 54.0 cm³/mol. The van der Waals surface area contributed by atoms with Crippen molar-refractivity contribution < 1.29 is 28.8 Å². The molecule has 0 aliphatic heterocycles. The van der Waals surface area contributed by atoms with E-state index in [1.807, 2.05) is 0 Å². The molecule has 0 bridgehead atoms. The molecule has 0 saturated heterocycles. The van der Waals surface area contributed by atoms with Crippen LogP contribution < -0.4 is 0 Å². The number of rotatable bonds is 7. The lowest BCUT2D eigenvalue weighted by molar-refractivity contribution is -0.343. The highest BCUT2D eigenvalue weighted by molar-refractivity contribution is 5.91. The maximum atomic E-state index is 11.0. The molecule has 0 heterocycles. The van der Waals surface area contributed by atoms with E-state index >= 15 is 0 Å². The van der Waals surface area contributed by atoms with Gasteiger partial charge in [0.25, 0.3) is 0 Å². The molecule has 1 unspecified atom stereocenters. The van der Waals surface area contributed by atoms with Crippen LogP contribution in [0.5, 0.6) is 0 Å². The van der Waals surface area contributed by atoms with Crippen molar-refractivity contribution in [2.24, 2.45) is 0 Å². The first-order chi connectivity index (χ1) is 7.60. The van der Waals surface area contributed by atoms with Crippen LogP contribution in [0.15, 0.2) is 12.2 Å². The zero-order valence-corrected chi connectivity index (χ0v) is 9.60. The van der Waals surface area contributed by atoms with Crippen LogP contribution in [0.2, 0.25) is 0 Å².